The van der Waals surface area contributed by atoms with E-state index in [1.807, 2.05) is 0 Å². The summed E-state index contributed by atoms with van der Waals surface area (Å²) in [7, 11) is 0. The van der Waals surface area contributed by atoms with Gasteiger partial charge in [-0.25, -0.2) is 9.78 Å². The SMILES string of the molecule is O=C(O)c1cccc(Oc2ccc(NCc3c(Cc4c(Cl)cccc4Cl)noc3C3CC3)nc2C(F)(F)F)c1. The molecule has 4 aromatic rings. The highest BCUT2D eigenvalue weighted by Crippen LogP contribution is 2.43. The number of aromatic nitrogens is 2. The fraction of sp³-hybridized carbons (Fsp3) is 0.222. The zero-order valence-electron chi connectivity index (χ0n) is 20.1. The summed E-state index contributed by atoms with van der Waals surface area (Å²) in [5, 5.41) is 17.2. The summed E-state index contributed by atoms with van der Waals surface area (Å²) in [6.45, 7) is 0.109. The van der Waals surface area contributed by atoms with Crippen LogP contribution in [0.1, 0.15) is 57.4 Å². The quantitative estimate of drug-likeness (QED) is 0.208. The Morgan fingerprint density at radius 2 is 1.79 bits per heavy atom. The van der Waals surface area contributed by atoms with Gasteiger partial charge in [-0.2, -0.15) is 13.2 Å². The number of alkyl halides is 3. The molecule has 2 aromatic carbocycles. The molecule has 1 fully saturated rings. The Hall–Kier alpha value is -3.76. The van der Waals surface area contributed by atoms with Gasteiger partial charge in [0.1, 0.15) is 17.3 Å². The molecule has 12 heteroatoms. The second kappa shape index (κ2) is 10.8. The van der Waals surface area contributed by atoms with Crippen molar-refractivity contribution in [2.75, 3.05) is 5.32 Å². The lowest BCUT2D eigenvalue weighted by Gasteiger charge is -2.15. The van der Waals surface area contributed by atoms with Crippen molar-refractivity contribution in [1.29, 1.82) is 0 Å². The van der Waals surface area contributed by atoms with E-state index in [2.05, 4.69) is 15.5 Å². The minimum absolute atomic E-state index is 0.0429. The summed E-state index contributed by atoms with van der Waals surface area (Å²) in [5.41, 5.74) is 0.581. The van der Waals surface area contributed by atoms with Gasteiger partial charge in [0.05, 0.1) is 11.3 Å². The molecule has 1 aliphatic carbocycles. The van der Waals surface area contributed by atoms with E-state index in [0.717, 1.165) is 30.5 Å². The van der Waals surface area contributed by atoms with Gasteiger partial charge in [0.2, 0.25) is 0 Å². The molecule has 5 rings (SSSR count). The molecule has 2 N–H and O–H groups in total. The second-order valence-corrected chi connectivity index (χ2v) is 9.77. The minimum Gasteiger partial charge on any atom is -0.478 e. The predicted octanol–water partition coefficient (Wildman–Crippen LogP) is 7.97. The zero-order chi connectivity index (χ0) is 27.7. The van der Waals surface area contributed by atoms with Crippen molar-refractivity contribution in [1.82, 2.24) is 10.1 Å². The number of hydrogen-bond acceptors (Lipinski definition) is 6. The van der Waals surface area contributed by atoms with Crippen molar-refractivity contribution in [3.05, 3.63) is 98.5 Å². The maximum atomic E-state index is 13.9. The summed E-state index contributed by atoms with van der Waals surface area (Å²) in [4.78, 5) is 15.0. The van der Waals surface area contributed by atoms with Gasteiger partial charge >= 0.3 is 12.1 Å². The maximum Gasteiger partial charge on any atom is 0.437 e. The van der Waals surface area contributed by atoms with Crippen LogP contribution in [0.15, 0.2) is 59.1 Å². The van der Waals surface area contributed by atoms with E-state index in [1.54, 1.807) is 18.2 Å². The molecule has 1 saturated carbocycles. The Morgan fingerprint density at radius 3 is 2.46 bits per heavy atom. The molecule has 2 heterocycles. The average molecular weight is 578 g/mol. The molecule has 0 atom stereocenters. The Kier molecular flexibility index (Phi) is 7.42. The lowest BCUT2D eigenvalue weighted by molar-refractivity contribution is -0.142. The van der Waals surface area contributed by atoms with Crippen LogP contribution >= 0.6 is 23.2 Å². The van der Waals surface area contributed by atoms with Crippen molar-refractivity contribution < 1.29 is 32.3 Å². The zero-order valence-corrected chi connectivity index (χ0v) is 21.6. The first kappa shape index (κ1) is 26.8. The number of nitrogens with one attached hydrogen (secondary N) is 1. The smallest absolute Gasteiger partial charge is 0.437 e. The number of benzene rings is 2. The fourth-order valence-electron chi connectivity index (χ4n) is 4.05. The molecule has 0 unspecified atom stereocenters. The summed E-state index contributed by atoms with van der Waals surface area (Å²) in [6.07, 6.45) is -2.69. The molecule has 202 valence electrons. The first-order valence-corrected chi connectivity index (χ1v) is 12.6. The molecule has 0 bridgehead atoms. The number of halogens is 5. The topological polar surface area (TPSA) is 97.5 Å². The standard InChI is InChI=1S/C27H20Cl2F3N3O4/c28-19-5-2-6-20(29)17(19)12-21-18(24(39-35-21)14-7-8-14)13-33-23-10-9-22(25(34-23)27(30,31)32)38-16-4-1-3-15(11-16)26(36)37/h1-6,9-11,14H,7-8,12-13H2,(H,33,34)(H,36,37). The van der Waals surface area contributed by atoms with Gasteiger partial charge in [0.25, 0.3) is 0 Å². The highest BCUT2D eigenvalue weighted by molar-refractivity contribution is 6.36. The van der Waals surface area contributed by atoms with Crippen LogP contribution in [0.25, 0.3) is 0 Å². The van der Waals surface area contributed by atoms with E-state index in [1.165, 1.54) is 24.3 Å². The van der Waals surface area contributed by atoms with Crippen molar-refractivity contribution in [3.63, 3.8) is 0 Å². The van der Waals surface area contributed by atoms with Gasteiger partial charge in [0, 0.05) is 34.5 Å². The first-order valence-electron chi connectivity index (χ1n) is 11.8. The van der Waals surface area contributed by atoms with E-state index in [-0.39, 0.29) is 36.0 Å². The molecule has 1 aliphatic rings. The van der Waals surface area contributed by atoms with Crippen LogP contribution in [0, 0.1) is 0 Å². The van der Waals surface area contributed by atoms with E-state index in [0.29, 0.717) is 27.1 Å². The van der Waals surface area contributed by atoms with Crippen LogP contribution in [0.2, 0.25) is 10.0 Å². The molecule has 0 aliphatic heterocycles. The van der Waals surface area contributed by atoms with Gasteiger partial charge < -0.3 is 19.7 Å². The number of anilines is 1. The Morgan fingerprint density at radius 1 is 1.08 bits per heavy atom. The predicted molar refractivity (Wildman–Crippen MR) is 138 cm³/mol. The van der Waals surface area contributed by atoms with Crippen molar-refractivity contribution in [3.8, 4) is 11.5 Å². The number of carboxylic acids is 1. The number of ether oxygens (including phenoxy) is 1. The number of carbonyl (C=O) groups is 1. The van der Waals surface area contributed by atoms with Crippen LogP contribution < -0.4 is 10.1 Å². The van der Waals surface area contributed by atoms with Crippen LogP contribution in [-0.2, 0) is 19.1 Å². The monoisotopic (exact) mass is 577 g/mol. The van der Waals surface area contributed by atoms with Gasteiger partial charge in [0.15, 0.2) is 11.4 Å². The van der Waals surface area contributed by atoms with E-state index < -0.39 is 23.6 Å². The van der Waals surface area contributed by atoms with Gasteiger partial charge in [-0.3, -0.25) is 0 Å². The summed E-state index contributed by atoms with van der Waals surface area (Å²) < 4.78 is 52.7. The molecule has 2 aromatic heterocycles. The van der Waals surface area contributed by atoms with E-state index in [4.69, 9.17) is 37.6 Å². The molecular weight excluding hydrogens is 558 g/mol. The lowest BCUT2D eigenvalue weighted by atomic mass is 10.0. The van der Waals surface area contributed by atoms with Crippen molar-refractivity contribution in [2.24, 2.45) is 0 Å². The Bertz CT molecular complexity index is 1520. The molecule has 0 spiro atoms. The summed E-state index contributed by atoms with van der Waals surface area (Å²) in [6, 6.07) is 12.8. The number of aromatic carboxylic acids is 1. The number of hydrogen-bond donors (Lipinski definition) is 2. The molecule has 39 heavy (non-hydrogen) atoms. The summed E-state index contributed by atoms with van der Waals surface area (Å²) in [5.74, 6) is -1.03. The Labute approximate surface area is 230 Å². The molecule has 0 saturated heterocycles. The van der Waals surface area contributed by atoms with Gasteiger partial charge in [-0.15, -0.1) is 0 Å². The number of nitrogens with zero attached hydrogens (tertiary/aromatic N) is 2. The van der Waals surface area contributed by atoms with Gasteiger partial charge in [-0.1, -0.05) is 40.5 Å². The minimum atomic E-state index is -4.83. The molecule has 7 nitrogen and oxygen atoms in total. The van der Waals surface area contributed by atoms with Crippen LogP contribution in [0.3, 0.4) is 0 Å². The molecule has 0 amide bonds. The number of carboxylic acid groups (broad SMARTS) is 1. The van der Waals surface area contributed by atoms with Crippen molar-refractivity contribution >= 4 is 35.0 Å². The number of pyridine rings is 1. The first-order chi connectivity index (χ1) is 18.6. The van der Waals surface area contributed by atoms with Crippen LogP contribution in [-0.4, -0.2) is 21.2 Å². The van der Waals surface area contributed by atoms with Gasteiger partial charge in [-0.05, 0) is 60.9 Å². The Balaban J connectivity index is 1.40. The highest BCUT2D eigenvalue weighted by atomic mass is 35.5. The number of rotatable bonds is 9. The second-order valence-electron chi connectivity index (χ2n) is 8.95. The third kappa shape index (κ3) is 6.12. The van der Waals surface area contributed by atoms with Crippen LogP contribution in [0.4, 0.5) is 19.0 Å². The maximum absolute atomic E-state index is 13.9. The normalized spacial score (nSPS) is 13.4. The van der Waals surface area contributed by atoms with E-state index >= 15 is 0 Å². The third-order valence-electron chi connectivity index (χ3n) is 6.14. The third-order valence-corrected chi connectivity index (χ3v) is 6.84. The highest BCUT2D eigenvalue weighted by Gasteiger charge is 2.37. The van der Waals surface area contributed by atoms with Crippen molar-refractivity contribution in [2.45, 2.75) is 37.9 Å². The molecular formula is C27H20Cl2F3N3O4. The molecule has 0 radical (unpaired) electrons. The lowest BCUT2D eigenvalue weighted by Crippen LogP contribution is -2.13. The average Bonchev–Trinajstić information content (AvgIpc) is 3.65. The van der Waals surface area contributed by atoms with E-state index in [9.17, 15) is 18.0 Å². The fourth-order valence-corrected chi connectivity index (χ4v) is 4.58. The van der Waals surface area contributed by atoms with Crippen LogP contribution in [0.5, 0.6) is 11.5 Å². The summed E-state index contributed by atoms with van der Waals surface area (Å²) >= 11 is 12.7. The largest absolute Gasteiger partial charge is 0.478 e.